The van der Waals surface area contributed by atoms with E-state index < -0.39 is 0 Å². The highest BCUT2D eigenvalue weighted by atomic mass is 15.1. The van der Waals surface area contributed by atoms with Gasteiger partial charge in [0.25, 0.3) is 0 Å². The minimum Gasteiger partial charge on any atom is -0.315 e. The molecule has 13 heavy (non-hydrogen) atoms. The number of nitrogens with one attached hydrogen (secondary N) is 1. The number of rotatable bonds is 5. The lowest BCUT2D eigenvalue weighted by Crippen LogP contribution is -2.36. The van der Waals surface area contributed by atoms with E-state index in [0.717, 1.165) is 5.92 Å². The molecule has 0 aromatic rings. The topological polar surface area (TPSA) is 15.3 Å². The van der Waals surface area contributed by atoms with Crippen molar-refractivity contribution in [3.05, 3.63) is 0 Å². The van der Waals surface area contributed by atoms with E-state index in [4.69, 9.17) is 0 Å². The summed E-state index contributed by atoms with van der Waals surface area (Å²) in [6.07, 6.45) is 7.23. The van der Waals surface area contributed by atoms with Gasteiger partial charge in [0, 0.05) is 13.1 Å². The predicted octanol–water partition coefficient (Wildman–Crippen LogP) is 1.47. The van der Waals surface area contributed by atoms with Gasteiger partial charge >= 0.3 is 0 Å². The Morgan fingerprint density at radius 2 is 1.85 bits per heavy atom. The van der Waals surface area contributed by atoms with Crippen LogP contribution in [0.4, 0.5) is 0 Å². The van der Waals surface area contributed by atoms with Crippen LogP contribution in [-0.4, -0.2) is 37.6 Å². The minimum absolute atomic E-state index is 1.03. The monoisotopic (exact) mass is 182 g/mol. The Balaban J connectivity index is 1.46. The van der Waals surface area contributed by atoms with Crippen LogP contribution in [0.25, 0.3) is 0 Å². The van der Waals surface area contributed by atoms with Crippen LogP contribution in [0.15, 0.2) is 0 Å². The molecule has 2 fully saturated rings. The Bertz CT molecular complexity index is 137. The van der Waals surface area contributed by atoms with Crippen LogP contribution in [0.3, 0.4) is 0 Å². The molecule has 1 aliphatic carbocycles. The summed E-state index contributed by atoms with van der Waals surface area (Å²) in [6.45, 7) is 6.42. The fourth-order valence-electron chi connectivity index (χ4n) is 2.05. The SMILES string of the molecule is C1CCN(CCNCC2CC2)CC1. The van der Waals surface area contributed by atoms with Crippen molar-refractivity contribution < 1.29 is 0 Å². The maximum Gasteiger partial charge on any atom is 0.0107 e. The molecule has 0 amide bonds. The van der Waals surface area contributed by atoms with Crippen molar-refractivity contribution in [2.24, 2.45) is 5.92 Å². The second-order valence-electron chi connectivity index (χ2n) is 4.55. The molecule has 2 rings (SSSR count). The zero-order chi connectivity index (χ0) is 8.93. The molecule has 2 heteroatoms. The lowest BCUT2D eigenvalue weighted by atomic mass is 10.1. The molecule has 0 unspecified atom stereocenters. The standard InChI is InChI=1S/C11H22N2/c1-2-7-13(8-3-1)9-6-12-10-11-4-5-11/h11-12H,1-10H2. The summed E-state index contributed by atoms with van der Waals surface area (Å²) in [7, 11) is 0. The quantitative estimate of drug-likeness (QED) is 0.648. The minimum atomic E-state index is 1.03. The van der Waals surface area contributed by atoms with Gasteiger partial charge in [-0.3, -0.25) is 0 Å². The largest absolute Gasteiger partial charge is 0.315 e. The van der Waals surface area contributed by atoms with Crippen molar-refractivity contribution in [2.75, 3.05) is 32.7 Å². The van der Waals surface area contributed by atoms with Gasteiger partial charge in [-0.15, -0.1) is 0 Å². The summed E-state index contributed by atoms with van der Waals surface area (Å²) < 4.78 is 0. The molecule has 1 aliphatic heterocycles. The van der Waals surface area contributed by atoms with Crippen LogP contribution in [0, 0.1) is 5.92 Å². The molecule has 0 bridgehead atoms. The molecule has 1 saturated carbocycles. The first-order valence-corrected chi connectivity index (χ1v) is 5.88. The van der Waals surface area contributed by atoms with Gasteiger partial charge in [0.1, 0.15) is 0 Å². The van der Waals surface area contributed by atoms with Crippen molar-refractivity contribution in [1.29, 1.82) is 0 Å². The molecular weight excluding hydrogens is 160 g/mol. The third-order valence-electron chi connectivity index (χ3n) is 3.18. The summed E-state index contributed by atoms with van der Waals surface area (Å²) in [5, 5.41) is 3.55. The summed E-state index contributed by atoms with van der Waals surface area (Å²) in [6, 6.07) is 0. The average Bonchev–Trinajstić information content (AvgIpc) is 2.98. The fraction of sp³-hybridized carbons (Fsp3) is 1.00. The highest BCUT2D eigenvalue weighted by Gasteiger charge is 2.20. The van der Waals surface area contributed by atoms with Gasteiger partial charge in [-0.2, -0.15) is 0 Å². The summed E-state index contributed by atoms with van der Waals surface area (Å²) >= 11 is 0. The summed E-state index contributed by atoms with van der Waals surface area (Å²) in [5.74, 6) is 1.03. The number of hydrogen-bond acceptors (Lipinski definition) is 2. The van der Waals surface area contributed by atoms with Gasteiger partial charge in [0.2, 0.25) is 0 Å². The Morgan fingerprint density at radius 1 is 1.08 bits per heavy atom. The molecule has 76 valence electrons. The molecule has 0 atom stereocenters. The molecule has 0 aromatic heterocycles. The van der Waals surface area contributed by atoms with E-state index in [2.05, 4.69) is 10.2 Å². The average molecular weight is 182 g/mol. The van der Waals surface area contributed by atoms with E-state index in [1.165, 1.54) is 64.8 Å². The molecule has 1 heterocycles. The second kappa shape index (κ2) is 4.97. The van der Waals surface area contributed by atoms with Crippen molar-refractivity contribution >= 4 is 0 Å². The molecule has 0 spiro atoms. The van der Waals surface area contributed by atoms with Crippen LogP contribution in [-0.2, 0) is 0 Å². The zero-order valence-corrected chi connectivity index (χ0v) is 8.60. The number of likely N-dealkylation sites (tertiary alicyclic amines) is 1. The highest BCUT2D eigenvalue weighted by molar-refractivity contribution is 4.75. The predicted molar refractivity (Wildman–Crippen MR) is 55.9 cm³/mol. The number of nitrogens with zero attached hydrogens (tertiary/aromatic N) is 1. The van der Waals surface area contributed by atoms with Crippen LogP contribution >= 0.6 is 0 Å². The Labute approximate surface area is 81.7 Å². The molecule has 1 saturated heterocycles. The molecule has 1 N–H and O–H groups in total. The third-order valence-corrected chi connectivity index (χ3v) is 3.18. The first kappa shape index (κ1) is 9.47. The summed E-state index contributed by atoms with van der Waals surface area (Å²) in [5.41, 5.74) is 0. The Kier molecular flexibility index (Phi) is 3.62. The molecular formula is C11H22N2. The van der Waals surface area contributed by atoms with Crippen molar-refractivity contribution in [1.82, 2.24) is 10.2 Å². The maximum atomic E-state index is 3.55. The second-order valence-corrected chi connectivity index (χ2v) is 4.55. The van der Waals surface area contributed by atoms with Gasteiger partial charge in [-0.1, -0.05) is 6.42 Å². The number of hydrogen-bond donors (Lipinski definition) is 1. The first-order valence-electron chi connectivity index (χ1n) is 5.88. The number of piperidine rings is 1. The van der Waals surface area contributed by atoms with Crippen molar-refractivity contribution in [2.45, 2.75) is 32.1 Å². The van der Waals surface area contributed by atoms with Crippen LogP contribution in [0.1, 0.15) is 32.1 Å². The molecule has 0 aromatic carbocycles. The van der Waals surface area contributed by atoms with E-state index >= 15 is 0 Å². The third kappa shape index (κ3) is 3.65. The fourth-order valence-corrected chi connectivity index (χ4v) is 2.05. The van der Waals surface area contributed by atoms with Gasteiger partial charge in [0.15, 0.2) is 0 Å². The van der Waals surface area contributed by atoms with Crippen LogP contribution < -0.4 is 5.32 Å². The van der Waals surface area contributed by atoms with E-state index in [1.54, 1.807) is 0 Å². The molecule has 2 nitrogen and oxygen atoms in total. The lowest BCUT2D eigenvalue weighted by molar-refractivity contribution is 0.229. The van der Waals surface area contributed by atoms with E-state index in [0.29, 0.717) is 0 Å². The van der Waals surface area contributed by atoms with Gasteiger partial charge in [0.05, 0.1) is 0 Å². The molecule has 2 aliphatic rings. The van der Waals surface area contributed by atoms with Crippen molar-refractivity contribution in [3.8, 4) is 0 Å². The molecule has 0 radical (unpaired) electrons. The van der Waals surface area contributed by atoms with Crippen LogP contribution in [0.2, 0.25) is 0 Å². The van der Waals surface area contributed by atoms with Crippen LogP contribution in [0.5, 0.6) is 0 Å². The zero-order valence-electron chi connectivity index (χ0n) is 8.60. The lowest BCUT2D eigenvalue weighted by Gasteiger charge is -2.26. The van der Waals surface area contributed by atoms with E-state index in [-0.39, 0.29) is 0 Å². The summed E-state index contributed by atoms with van der Waals surface area (Å²) in [4.78, 5) is 2.60. The van der Waals surface area contributed by atoms with Crippen molar-refractivity contribution in [3.63, 3.8) is 0 Å². The van der Waals surface area contributed by atoms with E-state index in [9.17, 15) is 0 Å². The normalized spacial score (nSPS) is 24.9. The smallest absolute Gasteiger partial charge is 0.0107 e. The van der Waals surface area contributed by atoms with E-state index in [1.807, 2.05) is 0 Å². The van der Waals surface area contributed by atoms with Gasteiger partial charge in [-0.05, 0) is 51.2 Å². The Morgan fingerprint density at radius 3 is 2.54 bits per heavy atom. The van der Waals surface area contributed by atoms with Gasteiger partial charge < -0.3 is 10.2 Å². The highest BCUT2D eigenvalue weighted by Crippen LogP contribution is 2.27. The van der Waals surface area contributed by atoms with Gasteiger partial charge in [-0.25, -0.2) is 0 Å². The first-order chi connectivity index (χ1) is 6.45. The maximum absolute atomic E-state index is 3.55. The Hall–Kier alpha value is -0.0800.